The minimum atomic E-state index is 0.522. The monoisotopic (exact) mass is 283 g/mol. The van der Waals surface area contributed by atoms with Crippen molar-refractivity contribution in [2.24, 2.45) is 0 Å². The van der Waals surface area contributed by atoms with Crippen LogP contribution in [0.4, 0.5) is 5.69 Å². The minimum Gasteiger partial charge on any atom is -0.491 e. The Morgan fingerprint density at radius 3 is 2.29 bits per heavy atom. The zero-order valence-corrected chi connectivity index (χ0v) is 13.4. The molecule has 0 bridgehead atoms. The molecule has 2 rings (SSSR count). The molecule has 0 aliphatic heterocycles. The van der Waals surface area contributed by atoms with Crippen LogP contribution in [0.2, 0.25) is 0 Å². The summed E-state index contributed by atoms with van der Waals surface area (Å²) < 4.78 is 5.93. The van der Waals surface area contributed by atoms with Gasteiger partial charge in [0.2, 0.25) is 0 Å². The highest BCUT2D eigenvalue weighted by Gasteiger charge is 2.06. The van der Waals surface area contributed by atoms with Gasteiger partial charge < -0.3 is 10.1 Å². The molecule has 1 N–H and O–H groups in total. The van der Waals surface area contributed by atoms with Crippen LogP contribution in [0, 0.1) is 13.8 Å². The molecule has 0 atom stereocenters. The van der Waals surface area contributed by atoms with E-state index in [4.69, 9.17) is 4.74 Å². The lowest BCUT2D eigenvalue weighted by atomic mass is 10.0. The van der Waals surface area contributed by atoms with Gasteiger partial charge in [0.1, 0.15) is 12.4 Å². The van der Waals surface area contributed by atoms with Crippen LogP contribution in [-0.2, 0) is 0 Å². The van der Waals surface area contributed by atoms with E-state index in [2.05, 4.69) is 75.5 Å². The fraction of sp³-hybridized carbons (Fsp3) is 0.368. The van der Waals surface area contributed by atoms with E-state index in [0.29, 0.717) is 12.5 Å². The van der Waals surface area contributed by atoms with Crippen LogP contribution in [0.3, 0.4) is 0 Å². The van der Waals surface area contributed by atoms with Crippen LogP contribution in [0.25, 0.3) is 0 Å². The summed E-state index contributed by atoms with van der Waals surface area (Å²) in [5, 5.41) is 3.48. The molecule has 0 aliphatic rings. The summed E-state index contributed by atoms with van der Waals surface area (Å²) in [6, 6.07) is 14.7. The first-order chi connectivity index (χ1) is 10.1. The van der Waals surface area contributed by atoms with E-state index < -0.39 is 0 Å². The number of ether oxygens (including phenoxy) is 1. The lowest BCUT2D eigenvalue weighted by molar-refractivity contribution is 0.328. The van der Waals surface area contributed by atoms with Gasteiger partial charge in [-0.05, 0) is 42.5 Å². The average molecular weight is 283 g/mol. The third-order valence-corrected chi connectivity index (χ3v) is 3.66. The summed E-state index contributed by atoms with van der Waals surface area (Å²) in [5.74, 6) is 1.53. The predicted molar refractivity (Wildman–Crippen MR) is 90.4 cm³/mol. The van der Waals surface area contributed by atoms with Crippen LogP contribution < -0.4 is 10.1 Å². The number of para-hydroxylation sites is 2. The van der Waals surface area contributed by atoms with Crippen molar-refractivity contribution in [2.75, 3.05) is 18.5 Å². The Labute approximate surface area is 128 Å². The highest BCUT2D eigenvalue weighted by molar-refractivity contribution is 5.52. The molecule has 0 aliphatic carbocycles. The summed E-state index contributed by atoms with van der Waals surface area (Å²) in [6.45, 7) is 10.1. The van der Waals surface area contributed by atoms with E-state index in [1.54, 1.807) is 0 Å². The fourth-order valence-corrected chi connectivity index (χ4v) is 2.53. The molecular weight excluding hydrogens is 258 g/mol. The number of rotatable bonds is 6. The minimum absolute atomic E-state index is 0.522. The molecule has 112 valence electrons. The van der Waals surface area contributed by atoms with Gasteiger partial charge in [-0.25, -0.2) is 0 Å². The lowest BCUT2D eigenvalue weighted by Gasteiger charge is -2.16. The maximum absolute atomic E-state index is 5.93. The molecule has 0 spiro atoms. The van der Waals surface area contributed by atoms with Gasteiger partial charge in [-0.2, -0.15) is 0 Å². The molecule has 21 heavy (non-hydrogen) atoms. The molecule has 0 saturated carbocycles. The molecular formula is C19H25NO. The number of benzene rings is 2. The zero-order valence-electron chi connectivity index (χ0n) is 13.4. The van der Waals surface area contributed by atoms with Crippen LogP contribution in [0.5, 0.6) is 5.75 Å². The van der Waals surface area contributed by atoms with Gasteiger partial charge in [-0.3, -0.25) is 0 Å². The topological polar surface area (TPSA) is 21.3 Å². The van der Waals surface area contributed by atoms with Gasteiger partial charge in [0, 0.05) is 12.2 Å². The number of hydrogen-bond acceptors (Lipinski definition) is 2. The fourth-order valence-electron chi connectivity index (χ4n) is 2.53. The smallest absolute Gasteiger partial charge is 0.125 e. The second-order valence-corrected chi connectivity index (χ2v) is 5.74. The first kappa shape index (κ1) is 15.4. The van der Waals surface area contributed by atoms with E-state index in [1.165, 1.54) is 22.4 Å². The molecule has 2 aromatic rings. The Hall–Kier alpha value is -1.96. The SMILES string of the molecule is Cc1cccc(C)c1OCCNc1ccccc1C(C)C. The van der Waals surface area contributed by atoms with Crippen molar-refractivity contribution in [1.82, 2.24) is 0 Å². The van der Waals surface area contributed by atoms with Crippen molar-refractivity contribution >= 4 is 5.69 Å². The van der Waals surface area contributed by atoms with Crippen molar-refractivity contribution in [3.63, 3.8) is 0 Å². The average Bonchev–Trinajstić information content (AvgIpc) is 2.46. The first-order valence-electron chi connectivity index (χ1n) is 7.61. The normalized spacial score (nSPS) is 10.7. The van der Waals surface area contributed by atoms with Crippen molar-refractivity contribution < 1.29 is 4.74 Å². The lowest BCUT2D eigenvalue weighted by Crippen LogP contribution is -2.13. The molecule has 0 fully saturated rings. The second kappa shape index (κ2) is 7.16. The predicted octanol–water partition coefficient (Wildman–Crippen LogP) is 4.92. The molecule has 2 heteroatoms. The Morgan fingerprint density at radius 2 is 1.62 bits per heavy atom. The first-order valence-corrected chi connectivity index (χ1v) is 7.61. The summed E-state index contributed by atoms with van der Waals surface area (Å²) in [4.78, 5) is 0. The Bertz CT molecular complexity index is 570. The third-order valence-electron chi connectivity index (χ3n) is 3.66. The summed E-state index contributed by atoms with van der Waals surface area (Å²) in [7, 11) is 0. The highest BCUT2D eigenvalue weighted by atomic mass is 16.5. The van der Waals surface area contributed by atoms with Gasteiger partial charge in [-0.15, -0.1) is 0 Å². The zero-order chi connectivity index (χ0) is 15.2. The summed E-state index contributed by atoms with van der Waals surface area (Å²) in [5.41, 5.74) is 4.94. The second-order valence-electron chi connectivity index (χ2n) is 5.74. The Kier molecular flexibility index (Phi) is 5.26. The molecule has 2 nitrogen and oxygen atoms in total. The van der Waals surface area contributed by atoms with E-state index in [9.17, 15) is 0 Å². The van der Waals surface area contributed by atoms with Crippen LogP contribution in [-0.4, -0.2) is 13.2 Å². The Morgan fingerprint density at radius 1 is 0.952 bits per heavy atom. The van der Waals surface area contributed by atoms with E-state index in [-0.39, 0.29) is 0 Å². The van der Waals surface area contributed by atoms with Crippen LogP contribution >= 0.6 is 0 Å². The van der Waals surface area contributed by atoms with Gasteiger partial charge in [0.25, 0.3) is 0 Å². The van der Waals surface area contributed by atoms with Crippen molar-refractivity contribution in [1.29, 1.82) is 0 Å². The molecule has 0 amide bonds. The van der Waals surface area contributed by atoms with Crippen molar-refractivity contribution in [3.05, 3.63) is 59.2 Å². The van der Waals surface area contributed by atoms with Gasteiger partial charge in [-0.1, -0.05) is 50.2 Å². The third kappa shape index (κ3) is 4.01. The van der Waals surface area contributed by atoms with E-state index in [1.807, 2.05) is 0 Å². The van der Waals surface area contributed by atoms with Gasteiger partial charge in [0.05, 0.1) is 0 Å². The largest absolute Gasteiger partial charge is 0.491 e. The van der Waals surface area contributed by atoms with E-state index in [0.717, 1.165) is 12.3 Å². The number of hydrogen-bond donors (Lipinski definition) is 1. The molecule has 0 unspecified atom stereocenters. The number of aryl methyl sites for hydroxylation is 2. The number of nitrogens with one attached hydrogen (secondary N) is 1. The van der Waals surface area contributed by atoms with Crippen molar-refractivity contribution in [2.45, 2.75) is 33.6 Å². The highest BCUT2D eigenvalue weighted by Crippen LogP contribution is 2.24. The molecule has 0 saturated heterocycles. The molecule has 0 radical (unpaired) electrons. The molecule has 0 aromatic heterocycles. The quantitative estimate of drug-likeness (QED) is 0.760. The summed E-state index contributed by atoms with van der Waals surface area (Å²) >= 11 is 0. The maximum atomic E-state index is 5.93. The molecule has 2 aromatic carbocycles. The van der Waals surface area contributed by atoms with Gasteiger partial charge >= 0.3 is 0 Å². The van der Waals surface area contributed by atoms with Gasteiger partial charge in [0.15, 0.2) is 0 Å². The Balaban J connectivity index is 1.91. The standard InChI is InChI=1S/C19H25NO/c1-14(2)17-10-5-6-11-18(17)20-12-13-21-19-15(3)8-7-9-16(19)4/h5-11,14,20H,12-13H2,1-4H3. The van der Waals surface area contributed by atoms with Crippen molar-refractivity contribution in [3.8, 4) is 5.75 Å². The van der Waals surface area contributed by atoms with E-state index >= 15 is 0 Å². The molecule has 0 heterocycles. The van der Waals surface area contributed by atoms with Crippen LogP contribution in [0.1, 0.15) is 36.5 Å². The van der Waals surface area contributed by atoms with Crippen LogP contribution in [0.15, 0.2) is 42.5 Å². The number of anilines is 1. The summed E-state index contributed by atoms with van der Waals surface area (Å²) in [6.07, 6.45) is 0. The maximum Gasteiger partial charge on any atom is 0.125 e.